The lowest BCUT2D eigenvalue weighted by atomic mass is 10.0. The Bertz CT molecular complexity index is 503. The van der Waals surface area contributed by atoms with E-state index in [1.165, 1.54) is 11.6 Å². The summed E-state index contributed by atoms with van der Waals surface area (Å²) in [5, 5.41) is 0.229. The summed E-state index contributed by atoms with van der Waals surface area (Å²) in [5.41, 5.74) is 3.28. The second kappa shape index (κ2) is 5.33. The first-order valence-corrected chi connectivity index (χ1v) is 6.09. The van der Waals surface area contributed by atoms with Crippen LogP contribution in [0.1, 0.15) is 23.6 Å². The zero-order valence-electron chi connectivity index (χ0n) is 9.71. The summed E-state index contributed by atoms with van der Waals surface area (Å²) in [6.45, 7) is 2.12. The van der Waals surface area contributed by atoms with Crippen LogP contribution >= 0.6 is 11.6 Å². The molecule has 0 nitrogen and oxygen atoms in total. The zero-order chi connectivity index (χ0) is 12.3. The fraction of sp³-hybridized carbons (Fsp3) is 0.200. The first kappa shape index (κ1) is 12.1. The Balaban J connectivity index is 2.22. The summed E-state index contributed by atoms with van der Waals surface area (Å²) in [4.78, 5) is 0. The maximum absolute atomic E-state index is 13.3. The van der Waals surface area contributed by atoms with E-state index in [4.69, 9.17) is 11.6 Å². The topological polar surface area (TPSA) is 0 Å². The third kappa shape index (κ3) is 2.86. The maximum atomic E-state index is 13.3. The standard InChI is InChI=1S/C15H14ClF/c1-2-11-6-8-12(9-7-11)10-13-4-3-5-14(17)15(13)16/h3-9H,2,10H2,1H3. The molecule has 0 radical (unpaired) electrons. The molecular weight excluding hydrogens is 235 g/mol. The molecule has 0 amide bonds. The van der Waals surface area contributed by atoms with Crippen LogP contribution in [0.4, 0.5) is 4.39 Å². The van der Waals surface area contributed by atoms with E-state index < -0.39 is 0 Å². The van der Waals surface area contributed by atoms with Gasteiger partial charge in [-0.1, -0.05) is 54.9 Å². The SMILES string of the molecule is CCc1ccc(Cc2cccc(F)c2Cl)cc1. The summed E-state index contributed by atoms with van der Waals surface area (Å²) in [7, 11) is 0. The minimum Gasteiger partial charge on any atom is -0.205 e. The van der Waals surface area contributed by atoms with E-state index in [1.807, 2.05) is 6.07 Å². The van der Waals surface area contributed by atoms with E-state index in [0.717, 1.165) is 17.5 Å². The van der Waals surface area contributed by atoms with Gasteiger partial charge in [0.15, 0.2) is 0 Å². The second-order valence-electron chi connectivity index (χ2n) is 4.06. The number of rotatable bonds is 3. The predicted molar refractivity (Wildman–Crippen MR) is 70.0 cm³/mol. The van der Waals surface area contributed by atoms with Gasteiger partial charge in [-0.3, -0.25) is 0 Å². The minimum atomic E-state index is -0.352. The number of benzene rings is 2. The molecule has 0 aliphatic carbocycles. The van der Waals surface area contributed by atoms with Crippen molar-refractivity contribution in [3.8, 4) is 0 Å². The number of aryl methyl sites for hydroxylation is 1. The fourth-order valence-corrected chi connectivity index (χ4v) is 1.99. The molecule has 0 aliphatic rings. The van der Waals surface area contributed by atoms with Gasteiger partial charge in [-0.15, -0.1) is 0 Å². The summed E-state index contributed by atoms with van der Waals surface area (Å²) in [5.74, 6) is -0.352. The molecule has 2 rings (SSSR count). The Labute approximate surface area is 106 Å². The first-order valence-electron chi connectivity index (χ1n) is 5.71. The van der Waals surface area contributed by atoms with Gasteiger partial charge in [-0.05, 0) is 35.6 Å². The Kier molecular flexibility index (Phi) is 3.80. The molecule has 2 heteroatoms. The molecule has 0 aromatic heterocycles. The summed E-state index contributed by atoms with van der Waals surface area (Å²) >= 11 is 5.93. The molecule has 0 N–H and O–H groups in total. The average Bonchev–Trinajstić information content (AvgIpc) is 2.36. The molecule has 0 atom stereocenters. The minimum absolute atomic E-state index is 0.229. The van der Waals surface area contributed by atoms with E-state index in [0.29, 0.717) is 6.42 Å². The van der Waals surface area contributed by atoms with Crippen molar-refractivity contribution in [1.29, 1.82) is 0 Å². The van der Waals surface area contributed by atoms with Gasteiger partial charge in [0.25, 0.3) is 0 Å². The largest absolute Gasteiger partial charge is 0.205 e. The summed E-state index contributed by atoms with van der Waals surface area (Å²) in [6.07, 6.45) is 1.70. The van der Waals surface area contributed by atoms with Crippen LogP contribution in [0.15, 0.2) is 42.5 Å². The second-order valence-corrected chi connectivity index (χ2v) is 4.44. The lowest BCUT2D eigenvalue weighted by molar-refractivity contribution is 0.626. The van der Waals surface area contributed by atoms with Gasteiger partial charge in [0, 0.05) is 0 Å². The van der Waals surface area contributed by atoms with Gasteiger partial charge in [-0.2, -0.15) is 0 Å². The van der Waals surface area contributed by atoms with Gasteiger partial charge in [-0.25, -0.2) is 4.39 Å². The van der Waals surface area contributed by atoms with Gasteiger partial charge < -0.3 is 0 Å². The third-order valence-electron chi connectivity index (χ3n) is 2.86. The number of hydrogen-bond donors (Lipinski definition) is 0. The molecule has 0 bridgehead atoms. The highest BCUT2D eigenvalue weighted by molar-refractivity contribution is 6.31. The van der Waals surface area contributed by atoms with Gasteiger partial charge in [0.2, 0.25) is 0 Å². The van der Waals surface area contributed by atoms with Gasteiger partial charge in [0.05, 0.1) is 5.02 Å². The van der Waals surface area contributed by atoms with Crippen LogP contribution in [0, 0.1) is 5.82 Å². The van der Waals surface area contributed by atoms with Crippen molar-refractivity contribution < 1.29 is 4.39 Å². The molecule has 0 saturated carbocycles. The quantitative estimate of drug-likeness (QED) is 0.743. The molecule has 2 aromatic carbocycles. The summed E-state index contributed by atoms with van der Waals surface area (Å²) < 4.78 is 13.3. The predicted octanol–water partition coefficient (Wildman–Crippen LogP) is 4.63. The van der Waals surface area contributed by atoms with Crippen LogP contribution in [-0.2, 0) is 12.8 Å². The highest BCUT2D eigenvalue weighted by atomic mass is 35.5. The average molecular weight is 249 g/mol. The van der Waals surface area contributed by atoms with Crippen LogP contribution in [0.2, 0.25) is 5.02 Å². The van der Waals surface area contributed by atoms with E-state index >= 15 is 0 Å². The molecule has 0 aliphatic heterocycles. The molecule has 0 spiro atoms. The van der Waals surface area contributed by atoms with Crippen LogP contribution < -0.4 is 0 Å². The molecule has 0 unspecified atom stereocenters. The van der Waals surface area contributed by atoms with Crippen molar-refractivity contribution >= 4 is 11.6 Å². The smallest absolute Gasteiger partial charge is 0.142 e. The maximum Gasteiger partial charge on any atom is 0.142 e. The van der Waals surface area contributed by atoms with Crippen LogP contribution in [0.5, 0.6) is 0 Å². The fourth-order valence-electron chi connectivity index (χ4n) is 1.80. The number of halogens is 2. The third-order valence-corrected chi connectivity index (χ3v) is 3.28. The molecule has 2 aromatic rings. The molecular formula is C15H14ClF. The molecule has 17 heavy (non-hydrogen) atoms. The molecule has 0 heterocycles. The molecule has 88 valence electrons. The van der Waals surface area contributed by atoms with Crippen molar-refractivity contribution in [3.05, 3.63) is 70.0 Å². The van der Waals surface area contributed by atoms with E-state index in [-0.39, 0.29) is 10.8 Å². The monoisotopic (exact) mass is 248 g/mol. The van der Waals surface area contributed by atoms with E-state index in [2.05, 4.69) is 31.2 Å². The van der Waals surface area contributed by atoms with Crippen molar-refractivity contribution in [2.24, 2.45) is 0 Å². The first-order chi connectivity index (χ1) is 8.20. The normalized spacial score (nSPS) is 10.5. The van der Waals surface area contributed by atoms with Crippen molar-refractivity contribution in [2.75, 3.05) is 0 Å². The molecule has 0 saturated heterocycles. The van der Waals surface area contributed by atoms with Crippen LogP contribution in [0.25, 0.3) is 0 Å². The Morgan fingerprint density at radius 2 is 1.65 bits per heavy atom. The Morgan fingerprint density at radius 1 is 1.00 bits per heavy atom. The lowest BCUT2D eigenvalue weighted by Gasteiger charge is -2.06. The van der Waals surface area contributed by atoms with Crippen LogP contribution in [0.3, 0.4) is 0 Å². The van der Waals surface area contributed by atoms with Gasteiger partial charge in [0.1, 0.15) is 5.82 Å². The van der Waals surface area contributed by atoms with Crippen molar-refractivity contribution in [3.63, 3.8) is 0 Å². The Morgan fingerprint density at radius 3 is 2.29 bits per heavy atom. The van der Waals surface area contributed by atoms with Crippen molar-refractivity contribution in [2.45, 2.75) is 19.8 Å². The van der Waals surface area contributed by atoms with Gasteiger partial charge >= 0.3 is 0 Å². The lowest BCUT2D eigenvalue weighted by Crippen LogP contribution is -1.92. The van der Waals surface area contributed by atoms with Crippen molar-refractivity contribution in [1.82, 2.24) is 0 Å². The highest BCUT2D eigenvalue weighted by Gasteiger charge is 2.06. The van der Waals surface area contributed by atoms with E-state index in [9.17, 15) is 4.39 Å². The van der Waals surface area contributed by atoms with E-state index in [1.54, 1.807) is 6.07 Å². The molecule has 0 fully saturated rings. The zero-order valence-corrected chi connectivity index (χ0v) is 10.5. The Hall–Kier alpha value is -1.34. The summed E-state index contributed by atoms with van der Waals surface area (Å²) in [6, 6.07) is 13.3. The number of hydrogen-bond acceptors (Lipinski definition) is 0. The van der Waals surface area contributed by atoms with Crippen LogP contribution in [-0.4, -0.2) is 0 Å². The highest BCUT2D eigenvalue weighted by Crippen LogP contribution is 2.22.